The van der Waals surface area contributed by atoms with E-state index < -0.39 is 30.2 Å². The van der Waals surface area contributed by atoms with Gasteiger partial charge in [-0.15, -0.1) is 5.10 Å². The molecule has 0 saturated carbocycles. The van der Waals surface area contributed by atoms with Gasteiger partial charge in [-0.05, 0) is 48.0 Å². The van der Waals surface area contributed by atoms with E-state index in [4.69, 9.17) is 28.3 Å². The minimum Gasteiger partial charge on any atom is -0.480 e. The molecule has 3 aromatic carbocycles. The lowest BCUT2D eigenvalue weighted by Crippen LogP contribution is -2.13. The summed E-state index contributed by atoms with van der Waals surface area (Å²) in [4.78, 5) is 15.5. The summed E-state index contributed by atoms with van der Waals surface area (Å²) in [5.41, 5.74) is 2.86. The van der Waals surface area contributed by atoms with Gasteiger partial charge in [-0.1, -0.05) is 40.5 Å². The molecule has 200 valence electrons. The molecular formula is C27H17Cl2F2N7O2. The van der Waals surface area contributed by atoms with Crippen molar-refractivity contribution in [1.29, 1.82) is 5.26 Å². The van der Waals surface area contributed by atoms with Gasteiger partial charge >= 0.3 is 5.97 Å². The highest BCUT2D eigenvalue weighted by Gasteiger charge is 2.21. The van der Waals surface area contributed by atoms with Gasteiger partial charge < -0.3 is 15.7 Å². The fourth-order valence-electron chi connectivity index (χ4n) is 4.09. The maximum atomic E-state index is 13.7. The normalized spacial score (nSPS) is 11.7. The summed E-state index contributed by atoms with van der Waals surface area (Å²) in [6.07, 6.45) is 2.84. The van der Waals surface area contributed by atoms with Crippen LogP contribution in [0.5, 0.6) is 0 Å². The Bertz CT molecular complexity index is 1790. The van der Waals surface area contributed by atoms with Crippen molar-refractivity contribution in [1.82, 2.24) is 20.0 Å². The Hall–Kier alpha value is -4.79. The lowest BCUT2D eigenvalue weighted by Gasteiger charge is -2.20. The average Bonchev–Trinajstić information content (AvgIpc) is 3.37. The van der Waals surface area contributed by atoms with E-state index in [1.807, 2.05) is 0 Å². The Kier molecular flexibility index (Phi) is 7.46. The zero-order valence-electron chi connectivity index (χ0n) is 20.2. The second-order valence-electron chi connectivity index (χ2n) is 8.63. The van der Waals surface area contributed by atoms with Gasteiger partial charge in [0.25, 0.3) is 0 Å². The van der Waals surface area contributed by atoms with Crippen molar-refractivity contribution < 1.29 is 18.7 Å². The van der Waals surface area contributed by atoms with Crippen LogP contribution in [0.2, 0.25) is 10.0 Å². The maximum absolute atomic E-state index is 13.7. The fraction of sp³-hybridized carbons (Fsp3) is 0.0741. The van der Waals surface area contributed by atoms with Gasteiger partial charge in [0.2, 0.25) is 0 Å². The van der Waals surface area contributed by atoms with Gasteiger partial charge in [0.1, 0.15) is 29.9 Å². The summed E-state index contributed by atoms with van der Waals surface area (Å²) in [7, 11) is 0. The standard InChI is InChI=1S/C27H17Cl2F2N7O2/c28-20-8-17(5-6-22(20)31)34-25-15(10-32)11-33-27-19(25)7-18(9-21(27)29)35-26(14-1-3-16(30)4-2-14)23-12-38(37-36-23)13-24(39)40/h1-9,11-12,26,35H,13H2,(H,33,34)(H,39,40). The van der Waals surface area contributed by atoms with E-state index in [1.165, 1.54) is 47.4 Å². The van der Waals surface area contributed by atoms with Crippen molar-refractivity contribution in [2.45, 2.75) is 12.6 Å². The van der Waals surface area contributed by atoms with E-state index in [-0.39, 0.29) is 15.6 Å². The highest BCUT2D eigenvalue weighted by Crippen LogP contribution is 2.37. The second kappa shape index (κ2) is 11.1. The lowest BCUT2D eigenvalue weighted by molar-refractivity contribution is -0.137. The first-order chi connectivity index (χ1) is 19.2. The number of halogens is 4. The number of carboxylic acids is 1. The molecule has 13 heteroatoms. The molecule has 0 aliphatic rings. The number of carboxylic acid groups (broad SMARTS) is 1. The number of nitrogens with one attached hydrogen (secondary N) is 2. The summed E-state index contributed by atoms with van der Waals surface area (Å²) in [6.45, 7) is -0.393. The van der Waals surface area contributed by atoms with E-state index in [2.05, 4.69) is 32.0 Å². The molecular weight excluding hydrogens is 563 g/mol. The number of nitrogens with zero attached hydrogens (tertiary/aromatic N) is 5. The van der Waals surface area contributed by atoms with E-state index >= 15 is 0 Å². The number of aliphatic carboxylic acids is 1. The molecule has 2 heterocycles. The molecule has 2 aromatic heterocycles. The Morgan fingerprint density at radius 2 is 1.82 bits per heavy atom. The second-order valence-corrected chi connectivity index (χ2v) is 9.44. The SMILES string of the molecule is N#Cc1cnc2c(Cl)cc(NC(c3ccc(F)cc3)c3cn(CC(=O)O)nn3)cc2c1Nc1ccc(F)c(Cl)c1. The van der Waals surface area contributed by atoms with Crippen molar-refractivity contribution in [3.8, 4) is 6.07 Å². The number of benzene rings is 3. The van der Waals surface area contributed by atoms with Crippen LogP contribution in [0.15, 0.2) is 67.0 Å². The van der Waals surface area contributed by atoms with Gasteiger partial charge in [0.05, 0.1) is 39.1 Å². The van der Waals surface area contributed by atoms with Crippen LogP contribution >= 0.6 is 23.2 Å². The number of pyridine rings is 1. The highest BCUT2D eigenvalue weighted by atomic mass is 35.5. The van der Waals surface area contributed by atoms with Gasteiger partial charge in [0, 0.05) is 23.0 Å². The first kappa shape index (κ1) is 26.8. The number of fused-ring (bicyclic) bond motifs is 1. The van der Waals surface area contributed by atoms with Crippen LogP contribution in [-0.4, -0.2) is 31.1 Å². The van der Waals surface area contributed by atoms with Crippen molar-refractivity contribution in [2.75, 3.05) is 10.6 Å². The van der Waals surface area contributed by atoms with Crippen LogP contribution in [0, 0.1) is 23.0 Å². The predicted molar refractivity (Wildman–Crippen MR) is 146 cm³/mol. The first-order valence-corrected chi connectivity index (χ1v) is 12.4. The van der Waals surface area contributed by atoms with Gasteiger partial charge in [-0.3, -0.25) is 9.78 Å². The minimum atomic E-state index is -1.09. The number of hydrogen-bond donors (Lipinski definition) is 3. The maximum Gasteiger partial charge on any atom is 0.325 e. The zero-order valence-corrected chi connectivity index (χ0v) is 21.8. The van der Waals surface area contributed by atoms with Gasteiger partial charge in [-0.25, -0.2) is 13.5 Å². The van der Waals surface area contributed by atoms with Crippen LogP contribution in [0.25, 0.3) is 10.9 Å². The molecule has 0 fully saturated rings. The molecule has 40 heavy (non-hydrogen) atoms. The molecule has 0 aliphatic heterocycles. The topological polar surface area (TPSA) is 129 Å². The number of hydrogen-bond acceptors (Lipinski definition) is 7. The molecule has 0 aliphatic carbocycles. The molecule has 3 N–H and O–H groups in total. The number of carbonyl (C=O) groups is 1. The molecule has 1 unspecified atom stereocenters. The molecule has 1 atom stereocenters. The summed E-state index contributed by atoms with van der Waals surface area (Å²) in [5.74, 6) is -2.11. The summed E-state index contributed by atoms with van der Waals surface area (Å²) in [5, 5.41) is 33.9. The van der Waals surface area contributed by atoms with E-state index in [9.17, 15) is 18.8 Å². The van der Waals surface area contributed by atoms with Crippen LogP contribution in [0.4, 0.5) is 25.8 Å². The lowest BCUT2D eigenvalue weighted by atomic mass is 10.0. The molecule has 0 saturated heterocycles. The molecule has 0 amide bonds. The van der Waals surface area contributed by atoms with Crippen molar-refractivity contribution in [2.24, 2.45) is 0 Å². The summed E-state index contributed by atoms with van der Waals surface area (Å²) in [6, 6.07) is 14.5. The largest absolute Gasteiger partial charge is 0.480 e. The molecule has 0 spiro atoms. The Balaban J connectivity index is 1.60. The van der Waals surface area contributed by atoms with Crippen LogP contribution < -0.4 is 10.6 Å². The minimum absolute atomic E-state index is 0.0969. The number of anilines is 3. The van der Waals surface area contributed by atoms with E-state index in [0.717, 1.165) is 0 Å². The van der Waals surface area contributed by atoms with E-state index in [1.54, 1.807) is 24.3 Å². The Morgan fingerprint density at radius 3 is 2.52 bits per heavy atom. The number of nitriles is 1. The predicted octanol–water partition coefficient (Wildman–Crippen LogP) is 6.31. The number of rotatable bonds is 8. The fourth-order valence-corrected chi connectivity index (χ4v) is 4.54. The molecule has 0 bridgehead atoms. The smallest absolute Gasteiger partial charge is 0.325 e. The zero-order chi connectivity index (χ0) is 28.4. The van der Waals surface area contributed by atoms with Crippen molar-refractivity contribution in [3.63, 3.8) is 0 Å². The Labute approximate surface area is 235 Å². The van der Waals surface area contributed by atoms with E-state index in [0.29, 0.717) is 39.2 Å². The number of aromatic nitrogens is 4. The summed E-state index contributed by atoms with van der Waals surface area (Å²) < 4.78 is 28.6. The third-order valence-electron chi connectivity index (χ3n) is 5.90. The highest BCUT2D eigenvalue weighted by molar-refractivity contribution is 6.36. The van der Waals surface area contributed by atoms with Gasteiger partial charge in [-0.2, -0.15) is 5.26 Å². The first-order valence-electron chi connectivity index (χ1n) is 11.6. The average molecular weight is 580 g/mol. The van der Waals surface area contributed by atoms with Crippen LogP contribution in [0.3, 0.4) is 0 Å². The molecule has 0 radical (unpaired) electrons. The molecule has 5 rings (SSSR count). The quantitative estimate of drug-likeness (QED) is 0.195. The Morgan fingerprint density at radius 1 is 1.07 bits per heavy atom. The van der Waals surface area contributed by atoms with Crippen LogP contribution in [0.1, 0.15) is 22.9 Å². The van der Waals surface area contributed by atoms with Crippen molar-refractivity contribution in [3.05, 3.63) is 105 Å². The summed E-state index contributed by atoms with van der Waals surface area (Å²) >= 11 is 12.5. The monoisotopic (exact) mass is 579 g/mol. The molecule has 5 aromatic rings. The third-order valence-corrected chi connectivity index (χ3v) is 6.48. The van der Waals surface area contributed by atoms with Crippen molar-refractivity contribution >= 4 is 57.1 Å². The third kappa shape index (κ3) is 5.63. The molecule has 9 nitrogen and oxygen atoms in total. The van der Waals surface area contributed by atoms with Crippen LogP contribution in [-0.2, 0) is 11.3 Å². The van der Waals surface area contributed by atoms with Gasteiger partial charge in [0.15, 0.2) is 0 Å².